The lowest BCUT2D eigenvalue weighted by Crippen LogP contribution is -2.47. The van der Waals surface area contributed by atoms with E-state index in [9.17, 15) is 14.4 Å². The highest BCUT2D eigenvalue weighted by Crippen LogP contribution is 2.40. The third kappa shape index (κ3) is 4.08. The Balaban J connectivity index is 1.47. The van der Waals surface area contributed by atoms with Crippen molar-refractivity contribution in [1.29, 1.82) is 0 Å². The maximum Gasteiger partial charge on any atom is 0.235 e. The topological polar surface area (TPSA) is 115 Å². The number of carbonyl (C=O) groups excluding carboxylic acids is 3. The molecular weight excluding hydrogens is 520 g/mol. The number of hydrogen-bond donors (Lipinski definition) is 1. The van der Waals surface area contributed by atoms with Crippen LogP contribution in [-0.2, 0) is 25.5 Å². The van der Waals surface area contributed by atoms with Crippen molar-refractivity contribution in [3.05, 3.63) is 63.1 Å². The van der Waals surface area contributed by atoms with Crippen LogP contribution in [0.15, 0.2) is 52.7 Å². The highest BCUT2D eigenvalue weighted by Gasteiger charge is 2.48. The molecule has 1 aromatic heterocycles. The average Bonchev–Trinajstić information content (AvgIpc) is 3.56. The van der Waals surface area contributed by atoms with Gasteiger partial charge >= 0.3 is 0 Å². The number of fused-ring (bicyclic) bond motifs is 1. The third-order valence-corrected chi connectivity index (χ3v) is 8.09. The number of primary amides is 1. The molecule has 3 unspecified atom stereocenters. The highest BCUT2D eigenvalue weighted by atomic mass is 79.9. The van der Waals surface area contributed by atoms with Crippen LogP contribution in [-0.4, -0.2) is 63.8 Å². The first kappa shape index (κ1) is 23.2. The minimum Gasteiger partial charge on any atom is -0.369 e. The number of rotatable bonds is 7. The van der Waals surface area contributed by atoms with Gasteiger partial charge in [-0.25, -0.2) is 0 Å². The Morgan fingerprint density at radius 1 is 1.29 bits per heavy atom. The van der Waals surface area contributed by atoms with Crippen molar-refractivity contribution in [2.24, 2.45) is 11.1 Å². The van der Waals surface area contributed by atoms with Crippen molar-refractivity contribution >= 4 is 50.5 Å². The SMILES string of the molecule is NC(=O)C1(Cc2ccc(Br)cc2)C=CC(c2cnns2)=C(CCN2CCC3OCC(=O)C32)C1=O. The van der Waals surface area contributed by atoms with E-state index in [-0.39, 0.29) is 36.7 Å². The number of nitrogens with zero attached hydrogens (tertiary/aromatic N) is 3. The molecule has 5 rings (SSSR count). The first-order valence-corrected chi connectivity index (χ1v) is 12.6. The summed E-state index contributed by atoms with van der Waals surface area (Å²) in [5.74, 6) is -0.908. The second kappa shape index (κ2) is 9.26. The zero-order chi connectivity index (χ0) is 23.9. The van der Waals surface area contributed by atoms with E-state index in [2.05, 4.69) is 30.4 Å². The van der Waals surface area contributed by atoms with Crippen molar-refractivity contribution in [2.75, 3.05) is 19.7 Å². The van der Waals surface area contributed by atoms with Gasteiger partial charge in [-0.1, -0.05) is 44.7 Å². The molecule has 1 aliphatic carbocycles. The molecule has 3 aliphatic rings. The van der Waals surface area contributed by atoms with Crippen LogP contribution in [0, 0.1) is 5.41 Å². The molecule has 1 amide bonds. The number of hydrogen-bond acceptors (Lipinski definition) is 8. The van der Waals surface area contributed by atoms with Crippen LogP contribution < -0.4 is 5.73 Å². The van der Waals surface area contributed by atoms with Crippen LogP contribution >= 0.6 is 27.5 Å². The van der Waals surface area contributed by atoms with Crippen molar-refractivity contribution in [3.63, 3.8) is 0 Å². The molecule has 0 radical (unpaired) electrons. The Morgan fingerprint density at radius 3 is 2.79 bits per heavy atom. The molecule has 176 valence electrons. The number of ketones is 2. The summed E-state index contributed by atoms with van der Waals surface area (Å²) < 4.78 is 10.4. The Kier molecular flexibility index (Phi) is 6.32. The average molecular weight is 543 g/mol. The van der Waals surface area contributed by atoms with Gasteiger partial charge in [-0.2, -0.15) is 0 Å². The van der Waals surface area contributed by atoms with Gasteiger partial charge < -0.3 is 10.5 Å². The number of Topliss-reactive ketones (excluding diaryl/α,β-unsaturated/α-hetero) is 2. The summed E-state index contributed by atoms with van der Waals surface area (Å²) >= 11 is 4.60. The van der Waals surface area contributed by atoms with E-state index in [4.69, 9.17) is 10.5 Å². The number of allylic oxidation sites excluding steroid dienone is 2. The highest BCUT2D eigenvalue weighted by molar-refractivity contribution is 9.10. The van der Waals surface area contributed by atoms with Crippen molar-refractivity contribution in [1.82, 2.24) is 14.5 Å². The first-order chi connectivity index (χ1) is 16.4. The summed E-state index contributed by atoms with van der Waals surface area (Å²) in [4.78, 5) is 41.9. The quantitative estimate of drug-likeness (QED) is 0.533. The number of carbonyl (C=O) groups is 3. The minimum atomic E-state index is -1.48. The fourth-order valence-corrected chi connectivity index (χ4v) is 5.92. The number of nitrogens with two attached hydrogens (primary N) is 1. The lowest BCUT2D eigenvalue weighted by atomic mass is 9.70. The molecule has 10 heteroatoms. The van der Waals surface area contributed by atoms with E-state index >= 15 is 0 Å². The van der Waals surface area contributed by atoms with Crippen LogP contribution in [0.2, 0.25) is 0 Å². The zero-order valence-electron chi connectivity index (χ0n) is 18.3. The van der Waals surface area contributed by atoms with Gasteiger partial charge in [0.15, 0.2) is 11.6 Å². The molecule has 8 nitrogen and oxygen atoms in total. The van der Waals surface area contributed by atoms with Gasteiger partial charge in [0.1, 0.15) is 12.0 Å². The minimum absolute atomic E-state index is 0.0734. The van der Waals surface area contributed by atoms with Crippen molar-refractivity contribution < 1.29 is 19.1 Å². The standard InChI is InChI=1S/C24H23BrN4O4S/c25-15-3-1-14(2-4-15)11-24(23(26)32)8-5-16(20-12-27-28-34-20)17(22(24)31)6-9-29-10-7-19-21(29)18(30)13-33-19/h1-5,8,12,19,21H,6-7,9-11,13H2,(H2,26,32). The van der Waals surface area contributed by atoms with E-state index in [0.717, 1.165) is 27.9 Å². The number of amides is 1. The Labute approximate surface area is 209 Å². The van der Waals surface area contributed by atoms with E-state index in [0.29, 0.717) is 24.1 Å². The maximum absolute atomic E-state index is 14.0. The van der Waals surface area contributed by atoms with Crippen LogP contribution in [0.25, 0.3) is 5.57 Å². The van der Waals surface area contributed by atoms with Crippen molar-refractivity contribution in [3.8, 4) is 0 Å². The molecule has 2 N–H and O–H groups in total. The normalized spacial score (nSPS) is 27.0. The summed E-state index contributed by atoms with van der Waals surface area (Å²) in [6.45, 7) is 1.38. The Bertz CT molecular complexity index is 1190. The molecule has 0 saturated carbocycles. The van der Waals surface area contributed by atoms with Gasteiger partial charge in [-0.15, -0.1) is 5.10 Å². The second-order valence-corrected chi connectivity index (χ2v) is 10.5. The van der Waals surface area contributed by atoms with E-state index < -0.39 is 11.3 Å². The maximum atomic E-state index is 14.0. The van der Waals surface area contributed by atoms with Gasteiger partial charge in [0.05, 0.1) is 23.2 Å². The number of ether oxygens (including phenoxy) is 1. The molecule has 1 aromatic carbocycles. The van der Waals surface area contributed by atoms with Gasteiger partial charge in [0.25, 0.3) is 0 Å². The smallest absolute Gasteiger partial charge is 0.235 e. The molecule has 0 bridgehead atoms. The van der Waals surface area contributed by atoms with Gasteiger partial charge in [-0.3, -0.25) is 19.3 Å². The summed E-state index contributed by atoms with van der Waals surface area (Å²) in [6, 6.07) is 7.23. The fraction of sp³-hybridized carbons (Fsp3) is 0.375. The molecule has 34 heavy (non-hydrogen) atoms. The van der Waals surface area contributed by atoms with E-state index in [1.54, 1.807) is 18.3 Å². The third-order valence-electron chi connectivity index (χ3n) is 6.87. The zero-order valence-corrected chi connectivity index (χ0v) is 20.7. The monoisotopic (exact) mass is 542 g/mol. The number of benzene rings is 1. The molecule has 2 saturated heterocycles. The fourth-order valence-electron chi connectivity index (χ4n) is 5.09. The second-order valence-electron chi connectivity index (χ2n) is 8.81. The molecule has 0 spiro atoms. The lowest BCUT2D eigenvalue weighted by molar-refractivity contribution is -0.135. The Hall–Kier alpha value is -2.53. The number of likely N-dealkylation sites (tertiary alicyclic amines) is 1. The van der Waals surface area contributed by atoms with Crippen LogP contribution in [0.4, 0.5) is 0 Å². The molecule has 3 atom stereocenters. The Morgan fingerprint density at radius 2 is 2.09 bits per heavy atom. The van der Waals surface area contributed by atoms with Crippen LogP contribution in [0.1, 0.15) is 23.3 Å². The largest absolute Gasteiger partial charge is 0.369 e. The van der Waals surface area contributed by atoms with Crippen LogP contribution in [0.3, 0.4) is 0 Å². The predicted octanol–water partition coefficient (Wildman–Crippen LogP) is 2.34. The predicted molar refractivity (Wildman–Crippen MR) is 130 cm³/mol. The van der Waals surface area contributed by atoms with E-state index in [1.165, 1.54) is 11.5 Å². The van der Waals surface area contributed by atoms with Crippen molar-refractivity contribution in [2.45, 2.75) is 31.4 Å². The molecule has 2 aromatic rings. The number of aromatic nitrogens is 2. The summed E-state index contributed by atoms with van der Waals surface area (Å²) in [5, 5.41) is 3.92. The lowest BCUT2D eigenvalue weighted by Gasteiger charge is -2.32. The van der Waals surface area contributed by atoms with Gasteiger partial charge in [-0.05, 0) is 48.5 Å². The van der Waals surface area contributed by atoms with Crippen LogP contribution in [0.5, 0.6) is 0 Å². The van der Waals surface area contributed by atoms with Gasteiger partial charge in [0, 0.05) is 28.7 Å². The summed E-state index contributed by atoms with van der Waals surface area (Å²) in [5.41, 5.74) is 6.44. The first-order valence-electron chi connectivity index (χ1n) is 11.1. The molecule has 2 fully saturated rings. The van der Waals surface area contributed by atoms with Gasteiger partial charge in [0.2, 0.25) is 5.91 Å². The van der Waals surface area contributed by atoms with E-state index in [1.807, 2.05) is 24.3 Å². The summed E-state index contributed by atoms with van der Waals surface area (Å²) in [6.07, 6.45) is 6.31. The summed E-state index contributed by atoms with van der Waals surface area (Å²) in [7, 11) is 0. The molecule has 2 aliphatic heterocycles. The molecule has 3 heterocycles. The molecular formula is C24H23BrN4O4S. The number of halogens is 1.